The maximum atomic E-state index is 13.6. The van der Waals surface area contributed by atoms with Crippen LogP contribution in [-0.4, -0.2) is 34.6 Å². The first-order chi connectivity index (χ1) is 12.5. The first-order valence-electron chi connectivity index (χ1n) is 10.8. The number of amides is 1. The summed E-state index contributed by atoms with van der Waals surface area (Å²) in [6.45, 7) is 2.03. The summed E-state index contributed by atoms with van der Waals surface area (Å²) < 4.78 is 0. The summed E-state index contributed by atoms with van der Waals surface area (Å²) in [6, 6.07) is -0.372. The molecule has 0 bridgehead atoms. The van der Waals surface area contributed by atoms with Gasteiger partial charge in [-0.3, -0.25) is 14.9 Å². The Balaban J connectivity index is 1.82. The first-order valence-corrected chi connectivity index (χ1v) is 10.8. The second kappa shape index (κ2) is 6.81. The fourth-order valence-corrected chi connectivity index (χ4v) is 7.18. The number of carboxylic acids is 1. The van der Waals surface area contributed by atoms with Gasteiger partial charge in [0.05, 0.1) is 5.41 Å². The first kappa shape index (κ1) is 18.3. The van der Waals surface area contributed by atoms with E-state index in [4.69, 9.17) is 0 Å². The highest BCUT2D eigenvalue weighted by Crippen LogP contribution is 2.61. The summed E-state index contributed by atoms with van der Waals surface area (Å²) in [4.78, 5) is 25.7. The molecule has 1 amide bonds. The normalized spacial score (nSPS) is 42.7. The standard InChI is InChI=1S/C21H34N2O3/c1-14-17(18(24)25)23-20(12-8-4-5-9-13-20)21(14)15-10-6-2-3-7-11-16(15)22-19(21)26/h14-17,23H,2-13H2,1H3,(H,22,26)(H,24,25)/t14?,15?,16?,17?,21-/m0/s1. The van der Waals surface area contributed by atoms with Gasteiger partial charge in [0.25, 0.3) is 0 Å². The fourth-order valence-electron chi connectivity index (χ4n) is 7.18. The Morgan fingerprint density at radius 2 is 1.62 bits per heavy atom. The molecule has 4 rings (SSSR count). The monoisotopic (exact) mass is 362 g/mol. The molecule has 2 saturated carbocycles. The summed E-state index contributed by atoms with van der Waals surface area (Å²) in [5, 5.41) is 16.8. The van der Waals surface area contributed by atoms with E-state index in [2.05, 4.69) is 10.6 Å². The molecule has 5 heteroatoms. The Bertz CT molecular complexity index is 570. The van der Waals surface area contributed by atoms with Gasteiger partial charge in [-0.25, -0.2) is 0 Å². The number of rotatable bonds is 1. The predicted molar refractivity (Wildman–Crippen MR) is 99.7 cm³/mol. The molecule has 2 aliphatic carbocycles. The number of aliphatic carboxylic acids is 1. The van der Waals surface area contributed by atoms with Crippen molar-refractivity contribution in [2.24, 2.45) is 17.3 Å². The van der Waals surface area contributed by atoms with Gasteiger partial charge in [-0.2, -0.15) is 0 Å². The Labute approximate surface area is 156 Å². The maximum Gasteiger partial charge on any atom is 0.321 e. The largest absolute Gasteiger partial charge is 0.480 e. The number of carbonyl (C=O) groups is 2. The lowest BCUT2D eigenvalue weighted by atomic mass is 9.54. The van der Waals surface area contributed by atoms with E-state index in [1.165, 1.54) is 38.5 Å². The quantitative estimate of drug-likeness (QED) is 0.669. The van der Waals surface area contributed by atoms with E-state index in [0.717, 1.165) is 38.5 Å². The molecular weight excluding hydrogens is 328 g/mol. The zero-order valence-electron chi connectivity index (χ0n) is 16.1. The lowest BCUT2D eigenvalue weighted by Gasteiger charge is -2.48. The SMILES string of the molecule is CC1C(C(=O)O)NC2(CCCCCC2)[C@@]12C(=O)NC1CCCCCCC12. The minimum atomic E-state index is -0.792. The predicted octanol–water partition coefficient (Wildman–Crippen LogP) is 3.23. The minimum Gasteiger partial charge on any atom is -0.480 e. The van der Waals surface area contributed by atoms with Crippen molar-refractivity contribution in [3.8, 4) is 0 Å². The molecule has 2 heterocycles. The van der Waals surface area contributed by atoms with Crippen molar-refractivity contribution in [3.05, 3.63) is 0 Å². The van der Waals surface area contributed by atoms with Gasteiger partial charge in [0.2, 0.25) is 5.91 Å². The molecule has 4 fully saturated rings. The van der Waals surface area contributed by atoms with E-state index >= 15 is 0 Å². The summed E-state index contributed by atoms with van der Waals surface area (Å²) >= 11 is 0. The molecule has 2 spiro atoms. The number of hydrogen-bond donors (Lipinski definition) is 3. The molecule has 0 radical (unpaired) electrons. The van der Waals surface area contributed by atoms with Crippen LogP contribution in [0.25, 0.3) is 0 Å². The number of carbonyl (C=O) groups excluding carboxylic acids is 1. The van der Waals surface area contributed by atoms with E-state index in [-0.39, 0.29) is 29.3 Å². The van der Waals surface area contributed by atoms with Crippen molar-refractivity contribution in [3.63, 3.8) is 0 Å². The molecule has 4 aliphatic rings. The van der Waals surface area contributed by atoms with Gasteiger partial charge in [0.1, 0.15) is 6.04 Å². The van der Waals surface area contributed by atoms with Crippen LogP contribution in [0.15, 0.2) is 0 Å². The van der Waals surface area contributed by atoms with Crippen molar-refractivity contribution in [1.82, 2.24) is 10.6 Å². The van der Waals surface area contributed by atoms with E-state index < -0.39 is 17.4 Å². The molecule has 3 N–H and O–H groups in total. The van der Waals surface area contributed by atoms with Gasteiger partial charge < -0.3 is 10.4 Å². The molecule has 2 aliphatic heterocycles. The Hall–Kier alpha value is -1.10. The van der Waals surface area contributed by atoms with Gasteiger partial charge in [-0.05, 0) is 37.5 Å². The minimum absolute atomic E-state index is 0.153. The zero-order valence-corrected chi connectivity index (χ0v) is 16.1. The van der Waals surface area contributed by atoms with Crippen LogP contribution in [0.5, 0.6) is 0 Å². The highest BCUT2D eigenvalue weighted by molar-refractivity contribution is 5.90. The van der Waals surface area contributed by atoms with Gasteiger partial charge in [-0.1, -0.05) is 58.3 Å². The summed E-state index contributed by atoms with van der Waals surface area (Å²) in [6.07, 6.45) is 13.4. The highest BCUT2D eigenvalue weighted by Gasteiger charge is 2.73. The van der Waals surface area contributed by atoms with Crippen molar-refractivity contribution in [1.29, 1.82) is 0 Å². The summed E-state index contributed by atoms with van der Waals surface area (Å²) in [7, 11) is 0. The molecule has 0 aromatic rings. The smallest absolute Gasteiger partial charge is 0.321 e. The molecule has 26 heavy (non-hydrogen) atoms. The van der Waals surface area contributed by atoms with Crippen molar-refractivity contribution >= 4 is 11.9 Å². The lowest BCUT2D eigenvalue weighted by molar-refractivity contribution is -0.141. The van der Waals surface area contributed by atoms with Gasteiger partial charge in [-0.15, -0.1) is 0 Å². The summed E-state index contributed by atoms with van der Waals surface area (Å²) in [5.74, 6) is -0.520. The van der Waals surface area contributed by atoms with Crippen molar-refractivity contribution < 1.29 is 14.7 Å². The number of fused-ring (bicyclic) bond motifs is 3. The molecule has 2 saturated heterocycles. The Morgan fingerprint density at radius 3 is 2.27 bits per heavy atom. The number of carboxylic acid groups (broad SMARTS) is 1. The topological polar surface area (TPSA) is 78.4 Å². The zero-order chi connectivity index (χ0) is 18.4. The average Bonchev–Trinajstić information content (AvgIpc) is 2.86. The molecule has 5 nitrogen and oxygen atoms in total. The molecule has 4 unspecified atom stereocenters. The van der Waals surface area contributed by atoms with Crippen LogP contribution in [0.3, 0.4) is 0 Å². The molecule has 0 aromatic carbocycles. The summed E-state index contributed by atoms with van der Waals surface area (Å²) in [5.41, 5.74) is -0.892. The van der Waals surface area contributed by atoms with E-state index in [0.29, 0.717) is 0 Å². The molecule has 146 valence electrons. The van der Waals surface area contributed by atoms with Gasteiger partial charge in [0, 0.05) is 11.6 Å². The molecule has 5 atom stereocenters. The number of nitrogens with one attached hydrogen (secondary N) is 2. The second-order valence-electron chi connectivity index (χ2n) is 9.29. The number of hydrogen-bond acceptors (Lipinski definition) is 3. The molecule has 0 aromatic heterocycles. The second-order valence-corrected chi connectivity index (χ2v) is 9.29. The van der Waals surface area contributed by atoms with E-state index in [1.54, 1.807) is 0 Å². The van der Waals surface area contributed by atoms with Crippen LogP contribution >= 0.6 is 0 Å². The van der Waals surface area contributed by atoms with Gasteiger partial charge >= 0.3 is 5.97 Å². The third-order valence-electron chi connectivity index (χ3n) is 8.21. The third-order valence-corrected chi connectivity index (χ3v) is 8.21. The van der Waals surface area contributed by atoms with Crippen LogP contribution in [0, 0.1) is 17.3 Å². The van der Waals surface area contributed by atoms with Crippen molar-refractivity contribution in [2.45, 2.75) is 102 Å². The van der Waals surface area contributed by atoms with Gasteiger partial charge in [0.15, 0.2) is 0 Å². The van der Waals surface area contributed by atoms with Crippen molar-refractivity contribution in [2.75, 3.05) is 0 Å². The van der Waals surface area contributed by atoms with Crippen LogP contribution in [0.2, 0.25) is 0 Å². The third kappa shape index (κ3) is 2.45. The average molecular weight is 363 g/mol. The fraction of sp³-hybridized carbons (Fsp3) is 0.905. The Kier molecular flexibility index (Phi) is 4.79. The lowest BCUT2D eigenvalue weighted by Crippen LogP contribution is -2.59. The van der Waals surface area contributed by atoms with E-state index in [9.17, 15) is 14.7 Å². The Morgan fingerprint density at radius 1 is 1.00 bits per heavy atom. The van der Waals surface area contributed by atoms with Crippen LogP contribution < -0.4 is 10.6 Å². The van der Waals surface area contributed by atoms with Crippen LogP contribution in [-0.2, 0) is 9.59 Å². The molecular formula is C21H34N2O3. The van der Waals surface area contributed by atoms with E-state index in [1.807, 2.05) is 6.92 Å². The maximum absolute atomic E-state index is 13.6. The van der Waals surface area contributed by atoms with Crippen LogP contribution in [0.1, 0.15) is 84.0 Å². The van der Waals surface area contributed by atoms with Crippen LogP contribution in [0.4, 0.5) is 0 Å². The highest BCUT2D eigenvalue weighted by atomic mass is 16.4.